The summed E-state index contributed by atoms with van der Waals surface area (Å²) in [6.07, 6.45) is 3.98. The Kier molecular flexibility index (Phi) is 4.08. The van der Waals surface area contributed by atoms with Crippen LogP contribution in [0.5, 0.6) is 0 Å². The van der Waals surface area contributed by atoms with Gasteiger partial charge in [-0.1, -0.05) is 24.4 Å². The molecule has 6 heteroatoms. The second-order valence-corrected chi connectivity index (χ2v) is 7.47. The van der Waals surface area contributed by atoms with Gasteiger partial charge in [0.1, 0.15) is 4.90 Å². The molecule has 2 N–H and O–H groups in total. The lowest BCUT2D eigenvalue weighted by molar-refractivity contribution is 0.373. The molecule has 19 heavy (non-hydrogen) atoms. The van der Waals surface area contributed by atoms with Gasteiger partial charge in [-0.3, -0.25) is 0 Å². The zero-order valence-corrected chi connectivity index (χ0v) is 12.8. The lowest BCUT2D eigenvalue weighted by atomic mass is 10.2. The van der Waals surface area contributed by atoms with Crippen LogP contribution in [-0.2, 0) is 10.0 Å². The Morgan fingerprint density at radius 2 is 1.89 bits per heavy atom. The molecule has 1 aromatic carbocycles. The van der Waals surface area contributed by atoms with Crippen molar-refractivity contribution < 1.29 is 8.42 Å². The monoisotopic (exact) mass is 302 g/mol. The minimum absolute atomic E-state index is 0.0728. The van der Waals surface area contributed by atoms with Crippen LogP contribution in [0.1, 0.15) is 31.2 Å². The normalized spacial score (nSPS) is 17.3. The van der Waals surface area contributed by atoms with Crippen molar-refractivity contribution >= 4 is 27.3 Å². The summed E-state index contributed by atoms with van der Waals surface area (Å²) in [5, 5.41) is 0.233. The van der Waals surface area contributed by atoms with Gasteiger partial charge >= 0.3 is 0 Å². The first-order valence-electron chi connectivity index (χ1n) is 6.37. The van der Waals surface area contributed by atoms with E-state index in [4.69, 9.17) is 17.3 Å². The Bertz CT molecular complexity index is 581. The van der Waals surface area contributed by atoms with Crippen molar-refractivity contribution in [1.82, 2.24) is 4.31 Å². The van der Waals surface area contributed by atoms with Crippen molar-refractivity contribution in [2.45, 2.75) is 43.5 Å². The molecule has 0 amide bonds. The van der Waals surface area contributed by atoms with Crippen LogP contribution in [0.2, 0.25) is 5.02 Å². The number of hydrogen-bond acceptors (Lipinski definition) is 3. The Morgan fingerprint density at radius 3 is 2.47 bits per heavy atom. The van der Waals surface area contributed by atoms with Crippen molar-refractivity contribution in [3.63, 3.8) is 0 Å². The van der Waals surface area contributed by atoms with E-state index in [0.717, 1.165) is 31.2 Å². The highest BCUT2D eigenvalue weighted by Gasteiger charge is 2.31. The number of hydrogen-bond donors (Lipinski definition) is 1. The molecule has 0 atom stereocenters. The van der Waals surface area contributed by atoms with Gasteiger partial charge in [-0.05, 0) is 37.5 Å². The Hall–Kier alpha value is -0.780. The molecule has 1 fully saturated rings. The molecule has 0 heterocycles. The van der Waals surface area contributed by atoms with E-state index in [0.29, 0.717) is 5.69 Å². The number of nitrogens with zero attached hydrogens (tertiary/aromatic N) is 1. The number of nitrogen functional groups attached to an aromatic ring is 1. The summed E-state index contributed by atoms with van der Waals surface area (Å²) in [5.74, 6) is 0. The molecule has 1 saturated carbocycles. The first-order chi connectivity index (χ1) is 8.84. The molecule has 0 aromatic heterocycles. The van der Waals surface area contributed by atoms with E-state index in [-0.39, 0.29) is 16.0 Å². The van der Waals surface area contributed by atoms with Crippen molar-refractivity contribution in [2.24, 2.45) is 0 Å². The molecule has 0 spiro atoms. The fourth-order valence-corrected chi connectivity index (χ4v) is 4.49. The van der Waals surface area contributed by atoms with Crippen LogP contribution in [0.3, 0.4) is 0 Å². The predicted octanol–water partition coefficient (Wildman–Crippen LogP) is 2.79. The maximum absolute atomic E-state index is 12.6. The van der Waals surface area contributed by atoms with Gasteiger partial charge in [-0.25, -0.2) is 8.42 Å². The zero-order valence-electron chi connectivity index (χ0n) is 11.2. The van der Waals surface area contributed by atoms with E-state index in [1.807, 2.05) is 0 Å². The molecule has 0 saturated heterocycles. The van der Waals surface area contributed by atoms with Gasteiger partial charge in [0.15, 0.2) is 0 Å². The number of rotatable bonds is 3. The fourth-order valence-electron chi connectivity index (χ4n) is 2.49. The van der Waals surface area contributed by atoms with Crippen LogP contribution in [-0.4, -0.2) is 25.8 Å². The molecule has 106 valence electrons. The third-order valence-corrected chi connectivity index (χ3v) is 6.19. The average molecular weight is 303 g/mol. The van der Waals surface area contributed by atoms with Crippen molar-refractivity contribution in [1.29, 1.82) is 0 Å². The third kappa shape index (κ3) is 2.73. The minimum Gasteiger partial charge on any atom is -0.398 e. The molecular formula is C13H19ClN2O2S. The van der Waals surface area contributed by atoms with Crippen molar-refractivity contribution in [3.05, 3.63) is 22.7 Å². The van der Waals surface area contributed by atoms with Crippen LogP contribution < -0.4 is 5.73 Å². The number of halogens is 1. The molecule has 1 aliphatic rings. The number of aryl methyl sites for hydroxylation is 1. The number of benzene rings is 1. The molecular weight excluding hydrogens is 284 g/mol. The van der Waals surface area contributed by atoms with Gasteiger partial charge in [0.2, 0.25) is 10.0 Å². The van der Waals surface area contributed by atoms with Crippen molar-refractivity contribution in [2.75, 3.05) is 12.8 Å². The molecule has 2 rings (SSSR count). The molecule has 1 aromatic rings. The van der Waals surface area contributed by atoms with E-state index < -0.39 is 10.0 Å². The van der Waals surface area contributed by atoms with E-state index >= 15 is 0 Å². The summed E-state index contributed by atoms with van der Waals surface area (Å²) < 4.78 is 26.6. The SMILES string of the molecule is Cc1cc(Cl)c(S(=O)(=O)N(C)C2CCCC2)cc1N. The summed E-state index contributed by atoms with van der Waals surface area (Å²) in [6.45, 7) is 1.80. The van der Waals surface area contributed by atoms with Gasteiger partial charge in [0, 0.05) is 18.8 Å². The van der Waals surface area contributed by atoms with Gasteiger partial charge in [-0.15, -0.1) is 0 Å². The Labute approximate surface area is 119 Å². The van der Waals surface area contributed by atoms with Gasteiger partial charge in [0.25, 0.3) is 0 Å². The highest BCUT2D eigenvalue weighted by Crippen LogP contribution is 2.32. The number of nitrogens with two attached hydrogens (primary N) is 1. The molecule has 0 bridgehead atoms. The second kappa shape index (κ2) is 5.31. The van der Waals surface area contributed by atoms with Crippen LogP contribution in [0.25, 0.3) is 0 Å². The quantitative estimate of drug-likeness (QED) is 0.873. The molecule has 1 aliphatic carbocycles. The van der Waals surface area contributed by atoms with Crippen LogP contribution in [0.4, 0.5) is 5.69 Å². The maximum atomic E-state index is 12.6. The molecule has 4 nitrogen and oxygen atoms in total. The van der Waals surface area contributed by atoms with Crippen molar-refractivity contribution in [3.8, 4) is 0 Å². The third-order valence-electron chi connectivity index (χ3n) is 3.82. The standard InChI is InChI=1S/C13H19ClN2O2S/c1-9-7-11(14)13(8-12(9)15)19(17,18)16(2)10-5-3-4-6-10/h7-8,10H,3-6,15H2,1-2H3. The first kappa shape index (κ1) is 14.6. The highest BCUT2D eigenvalue weighted by molar-refractivity contribution is 7.89. The average Bonchev–Trinajstić information content (AvgIpc) is 2.86. The summed E-state index contributed by atoms with van der Waals surface area (Å²) in [6, 6.07) is 3.13. The largest absolute Gasteiger partial charge is 0.398 e. The smallest absolute Gasteiger partial charge is 0.244 e. The summed E-state index contributed by atoms with van der Waals surface area (Å²) >= 11 is 6.08. The first-order valence-corrected chi connectivity index (χ1v) is 8.19. The van der Waals surface area contributed by atoms with E-state index in [1.54, 1.807) is 20.0 Å². The van der Waals surface area contributed by atoms with E-state index in [2.05, 4.69) is 0 Å². The summed E-state index contributed by atoms with van der Waals surface area (Å²) in [7, 11) is -1.95. The zero-order chi connectivity index (χ0) is 14.2. The Balaban J connectivity index is 2.41. The lowest BCUT2D eigenvalue weighted by Crippen LogP contribution is -2.35. The molecule has 0 aliphatic heterocycles. The number of sulfonamides is 1. The van der Waals surface area contributed by atoms with Crippen LogP contribution >= 0.6 is 11.6 Å². The minimum atomic E-state index is -3.57. The Morgan fingerprint density at radius 1 is 1.32 bits per heavy atom. The maximum Gasteiger partial charge on any atom is 0.244 e. The summed E-state index contributed by atoms with van der Waals surface area (Å²) in [5.41, 5.74) is 7.03. The topological polar surface area (TPSA) is 63.4 Å². The summed E-state index contributed by atoms with van der Waals surface area (Å²) in [4.78, 5) is 0.103. The molecule has 0 radical (unpaired) electrons. The van der Waals surface area contributed by atoms with Crippen LogP contribution in [0.15, 0.2) is 17.0 Å². The van der Waals surface area contributed by atoms with Gasteiger partial charge < -0.3 is 5.73 Å². The lowest BCUT2D eigenvalue weighted by Gasteiger charge is -2.24. The second-order valence-electron chi connectivity index (χ2n) is 5.10. The predicted molar refractivity (Wildman–Crippen MR) is 77.8 cm³/mol. The van der Waals surface area contributed by atoms with E-state index in [1.165, 1.54) is 10.4 Å². The van der Waals surface area contributed by atoms with Gasteiger partial charge in [-0.2, -0.15) is 4.31 Å². The number of anilines is 1. The van der Waals surface area contributed by atoms with Gasteiger partial charge in [0.05, 0.1) is 5.02 Å². The van der Waals surface area contributed by atoms with Crippen LogP contribution in [0, 0.1) is 6.92 Å². The fraction of sp³-hybridized carbons (Fsp3) is 0.538. The molecule has 0 unspecified atom stereocenters. The highest BCUT2D eigenvalue weighted by atomic mass is 35.5. The van der Waals surface area contributed by atoms with E-state index in [9.17, 15) is 8.42 Å².